The molecule has 0 radical (unpaired) electrons. The number of carbonyl (C=O) groups is 1. The Hall–Kier alpha value is -3.11. The molecule has 2 aromatic heterocycles. The zero-order chi connectivity index (χ0) is 20.9. The number of carbonyl (C=O) groups excluding carboxylic acids is 1. The van der Waals surface area contributed by atoms with Gasteiger partial charge in [0.25, 0.3) is 0 Å². The van der Waals surface area contributed by atoms with Crippen molar-refractivity contribution in [2.45, 2.75) is 17.0 Å². The fraction of sp³-hybridized carbons (Fsp3) is 0.300. The van der Waals surface area contributed by atoms with E-state index in [1.54, 1.807) is 0 Å². The highest BCUT2D eigenvalue weighted by Gasteiger charge is 2.18. The lowest BCUT2D eigenvalue weighted by molar-refractivity contribution is -0.105. The standard InChI is InChI=1S/C20H24N8OS/c1-14-11-18(26-25-14)22-17-12-19(28-9-7-27(2)8-10-28)24-20(23-17)30-16-5-3-15(4-6-16)21-13-29/h3-6,11-13H,7-10H2,1-2H3,(H,21,29)(H2,22,23,24,25,26). The van der Waals surface area contributed by atoms with Gasteiger partial charge in [-0.3, -0.25) is 9.89 Å². The number of piperazine rings is 1. The number of nitrogens with zero attached hydrogens (tertiary/aromatic N) is 5. The van der Waals surface area contributed by atoms with Gasteiger partial charge < -0.3 is 20.4 Å². The predicted octanol–water partition coefficient (Wildman–Crippen LogP) is 2.72. The SMILES string of the molecule is Cc1cc(Nc2cc(N3CCN(C)CC3)nc(Sc3ccc(NC=O)cc3)n2)n[nH]1. The van der Waals surface area contributed by atoms with Crippen LogP contribution in [0.25, 0.3) is 0 Å². The molecule has 3 heterocycles. The van der Waals surface area contributed by atoms with E-state index in [2.05, 4.69) is 42.7 Å². The number of aryl methyl sites for hydroxylation is 1. The summed E-state index contributed by atoms with van der Waals surface area (Å²) >= 11 is 1.48. The van der Waals surface area contributed by atoms with Gasteiger partial charge in [0, 0.05) is 54.6 Å². The van der Waals surface area contributed by atoms with Crippen LogP contribution in [0.15, 0.2) is 46.5 Å². The Bertz CT molecular complexity index is 998. The van der Waals surface area contributed by atoms with Crippen molar-refractivity contribution in [3.8, 4) is 0 Å². The summed E-state index contributed by atoms with van der Waals surface area (Å²) in [6, 6.07) is 11.5. The minimum absolute atomic E-state index is 0.650. The molecule has 4 rings (SSSR count). The summed E-state index contributed by atoms with van der Waals surface area (Å²) in [5.41, 5.74) is 1.72. The lowest BCUT2D eigenvalue weighted by atomic mass is 10.3. The van der Waals surface area contributed by atoms with Gasteiger partial charge in [-0.1, -0.05) is 0 Å². The predicted molar refractivity (Wildman–Crippen MR) is 119 cm³/mol. The third kappa shape index (κ3) is 5.08. The number of nitrogens with one attached hydrogen (secondary N) is 3. The molecule has 1 aliphatic heterocycles. The van der Waals surface area contributed by atoms with E-state index in [1.165, 1.54) is 11.8 Å². The molecule has 3 aromatic rings. The second kappa shape index (κ2) is 9.14. The zero-order valence-electron chi connectivity index (χ0n) is 16.9. The molecule has 1 aliphatic rings. The van der Waals surface area contributed by atoms with E-state index in [-0.39, 0.29) is 0 Å². The van der Waals surface area contributed by atoms with E-state index in [0.29, 0.717) is 17.4 Å². The Kier molecular flexibility index (Phi) is 6.15. The summed E-state index contributed by atoms with van der Waals surface area (Å²) in [4.78, 5) is 25.7. The molecule has 9 nitrogen and oxygen atoms in total. The molecule has 0 bridgehead atoms. The second-order valence-corrected chi connectivity index (χ2v) is 8.17. The summed E-state index contributed by atoms with van der Waals surface area (Å²) < 4.78 is 0. The topological polar surface area (TPSA) is 102 Å². The van der Waals surface area contributed by atoms with Crippen LogP contribution in [0.2, 0.25) is 0 Å². The number of hydrogen-bond donors (Lipinski definition) is 3. The van der Waals surface area contributed by atoms with Crippen molar-refractivity contribution < 1.29 is 4.79 Å². The van der Waals surface area contributed by atoms with Crippen molar-refractivity contribution >= 4 is 41.3 Å². The summed E-state index contributed by atoms with van der Waals surface area (Å²) in [6.07, 6.45) is 0.666. The van der Waals surface area contributed by atoms with Gasteiger partial charge in [0.2, 0.25) is 6.41 Å². The molecule has 1 amide bonds. The molecule has 0 aliphatic carbocycles. The number of hydrogen-bond acceptors (Lipinski definition) is 8. The first kappa shape index (κ1) is 20.2. The highest BCUT2D eigenvalue weighted by atomic mass is 32.2. The molecule has 1 aromatic carbocycles. The minimum atomic E-state index is 0.650. The van der Waals surface area contributed by atoms with Gasteiger partial charge in [-0.25, -0.2) is 9.97 Å². The van der Waals surface area contributed by atoms with Crippen LogP contribution in [0.4, 0.5) is 23.1 Å². The van der Waals surface area contributed by atoms with E-state index in [1.807, 2.05) is 43.3 Å². The molecule has 0 saturated carbocycles. The number of aromatic nitrogens is 4. The third-order valence-corrected chi connectivity index (χ3v) is 5.64. The average Bonchev–Trinajstić information content (AvgIpc) is 3.14. The van der Waals surface area contributed by atoms with Crippen molar-refractivity contribution in [2.24, 2.45) is 0 Å². The third-order valence-electron chi connectivity index (χ3n) is 4.77. The molecule has 0 atom stereocenters. The van der Waals surface area contributed by atoms with E-state index >= 15 is 0 Å². The fourth-order valence-electron chi connectivity index (χ4n) is 3.13. The monoisotopic (exact) mass is 424 g/mol. The number of likely N-dealkylation sites (N-methyl/N-ethyl adjacent to an activating group) is 1. The van der Waals surface area contributed by atoms with Gasteiger partial charge in [0.05, 0.1) is 0 Å². The number of benzene rings is 1. The first-order valence-corrected chi connectivity index (χ1v) is 10.5. The van der Waals surface area contributed by atoms with Crippen LogP contribution in [0.5, 0.6) is 0 Å². The summed E-state index contributed by atoms with van der Waals surface area (Å²) in [5, 5.41) is 13.7. The highest BCUT2D eigenvalue weighted by molar-refractivity contribution is 7.99. The first-order chi connectivity index (χ1) is 14.6. The van der Waals surface area contributed by atoms with Crippen LogP contribution in [-0.2, 0) is 4.79 Å². The summed E-state index contributed by atoms with van der Waals surface area (Å²) in [6.45, 7) is 5.80. The lowest BCUT2D eigenvalue weighted by Crippen LogP contribution is -2.44. The van der Waals surface area contributed by atoms with Crippen LogP contribution in [0, 0.1) is 6.92 Å². The maximum absolute atomic E-state index is 10.6. The van der Waals surface area contributed by atoms with Gasteiger partial charge in [-0.05, 0) is 50.0 Å². The van der Waals surface area contributed by atoms with Crippen molar-refractivity contribution in [2.75, 3.05) is 48.8 Å². The average molecular weight is 425 g/mol. The zero-order valence-corrected chi connectivity index (χ0v) is 17.7. The van der Waals surface area contributed by atoms with E-state index in [0.717, 1.165) is 54.1 Å². The van der Waals surface area contributed by atoms with Gasteiger partial charge in [0.15, 0.2) is 11.0 Å². The van der Waals surface area contributed by atoms with Crippen LogP contribution < -0.4 is 15.5 Å². The van der Waals surface area contributed by atoms with Crippen LogP contribution in [-0.4, -0.2) is 64.7 Å². The largest absolute Gasteiger partial charge is 0.354 e. The maximum Gasteiger partial charge on any atom is 0.211 e. The Labute approximate surface area is 179 Å². The number of rotatable bonds is 7. The Morgan fingerprint density at radius 3 is 2.50 bits per heavy atom. The number of H-pyrrole nitrogens is 1. The van der Waals surface area contributed by atoms with Crippen molar-refractivity contribution in [3.05, 3.63) is 42.1 Å². The maximum atomic E-state index is 10.6. The number of anilines is 4. The highest BCUT2D eigenvalue weighted by Crippen LogP contribution is 2.30. The van der Waals surface area contributed by atoms with E-state index < -0.39 is 0 Å². The lowest BCUT2D eigenvalue weighted by Gasteiger charge is -2.33. The molecule has 156 valence electrons. The molecule has 3 N–H and O–H groups in total. The van der Waals surface area contributed by atoms with Crippen molar-refractivity contribution in [1.82, 2.24) is 25.1 Å². The second-order valence-electron chi connectivity index (χ2n) is 7.13. The van der Waals surface area contributed by atoms with E-state index in [9.17, 15) is 4.79 Å². The van der Waals surface area contributed by atoms with Gasteiger partial charge in [0.1, 0.15) is 11.6 Å². The minimum Gasteiger partial charge on any atom is -0.354 e. The quantitative estimate of drug-likeness (QED) is 0.393. The van der Waals surface area contributed by atoms with Gasteiger partial charge >= 0.3 is 0 Å². The fourth-order valence-corrected chi connectivity index (χ4v) is 3.89. The smallest absolute Gasteiger partial charge is 0.211 e. The normalized spacial score (nSPS) is 14.5. The first-order valence-electron chi connectivity index (χ1n) is 9.69. The van der Waals surface area contributed by atoms with Crippen molar-refractivity contribution in [3.63, 3.8) is 0 Å². The van der Waals surface area contributed by atoms with Gasteiger partial charge in [-0.2, -0.15) is 5.10 Å². The molecular weight excluding hydrogens is 400 g/mol. The molecule has 1 fully saturated rings. The van der Waals surface area contributed by atoms with Crippen LogP contribution >= 0.6 is 11.8 Å². The van der Waals surface area contributed by atoms with E-state index in [4.69, 9.17) is 4.98 Å². The molecule has 0 unspecified atom stereocenters. The molecule has 1 saturated heterocycles. The molecule has 30 heavy (non-hydrogen) atoms. The summed E-state index contributed by atoms with van der Waals surface area (Å²) in [5.74, 6) is 2.32. The number of aromatic amines is 1. The van der Waals surface area contributed by atoms with Crippen LogP contribution in [0.1, 0.15) is 5.69 Å². The van der Waals surface area contributed by atoms with Crippen LogP contribution in [0.3, 0.4) is 0 Å². The van der Waals surface area contributed by atoms with Crippen molar-refractivity contribution in [1.29, 1.82) is 0 Å². The Balaban J connectivity index is 1.59. The molecular formula is C20H24N8OS. The molecule has 0 spiro atoms. The summed E-state index contributed by atoms with van der Waals surface area (Å²) in [7, 11) is 2.13. The Morgan fingerprint density at radius 2 is 1.83 bits per heavy atom. The number of amides is 1. The van der Waals surface area contributed by atoms with Gasteiger partial charge in [-0.15, -0.1) is 0 Å². The molecule has 10 heteroatoms. The Morgan fingerprint density at radius 1 is 1.07 bits per heavy atom.